The summed E-state index contributed by atoms with van der Waals surface area (Å²) < 4.78 is 28.7. The maximum atomic E-state index is 12.5. The number of aryl methyl sites for hydroxylation is 2. The van der Waals surface area contributed by atoms with Crippen molar-refractivity contribution in [2.75, 3.05) is 17.1 Å². The average molecular weight is 517 g/mol. The van der Waals surface area contributed by atoms with Gasteiger partial charge in [-0.25, -0.2) is 13.8 Å². The van der Waals surface area contributed by atoms with E-state index in [-0.39, 0.29) is 6.54 Å². The summed E-state index contributed by atoms with van der Waals surface area (Å²) in [5.74, 6) is -0.533. The monoisotopic (exact) mass is 516 g/mol. The molecule has 0 aliphatic carbocycles. The first kappa shape index (κ1) is 23.7. The number of hydrazone groups is 1. The van der Waals surface area contributed by atoms with Gasteiger partial charge in [-0.1, -0.05) is 30.3 Å². The van der Waals surface area contributed by atoms with Gasteiger partial charge in [0.25, 0.3) is 5.91 Å². The van der Waals surface area contributed by atoms with Crippen LogP contribution in [-0.2, 0) is 14.8 Å². The Hall–Kier alpha value is -2.91. The minimum Gasteiger partial charge on any atom is -0.317 e. The third-order valence-electron chi connectivity index (χ3n) is 5.03. The molecule has 0 fully saturated rings. The Balaban J connectivity index is 1.76. The molecule has 1 heterocycles. The van der Waals surface area contributed by atoms with Crippen LogP contribution in [0.15, 0.2) is 64.2 Å². The van der Waals surface area contributed by atoms with Gasteiger partial charge in [0.1, 0.15) is 6.54 Å². The molecule has 1 amide bonds. The quantitative estimate of drug-likeness (QED) is 0.379. The molecule has 0 unspecified atom stereocenters. The van der Waals surface area contributed by atoms with Crippen LogP contribution in [-0.4, -0.2) is 37.9 Å². The number of amides is 1. The number of nitrogens with one attached hydrogen (secondary N) is 1. The maximum absolute atomic E-state index is 12.5. The fourth-order valence-electron chi connectivity index (χ4n) is 3.49. The molecule has 0 saturated carbocycles. The second kappa shape index (κ2) is 9.70. The number of hydrogen-bond donors (Lipinski definition) is 1. The Morgan fingerprint density at radius 2 is 1.78 bits per heavy atom. The number of hydrogen-bond acceptors (Lipinski definition) is 4. The highest BCUT2D eigenvalue weighted by atomic mass is 79.9. The zero-order chi connectivity index (χ0) is 23.5. The summed E-state index contributed by atoms with van der Waals surface area (Å²) >= 11 is 3.58. The lowest BCUT2D eigenvalue weighted by atomic mass is 10.2. The van der Waals surface area contributed by atoms with Crippen molar-refractivity contribution in [2.24, 2.45) is 5.10 Å². The second-order valence-corrected chi connectivity index (χ2v) is 10.2. The molecule has 1 N–H and O–H groups in total. The van der Waals surface area contributed by atoms with E-state index in [2.05, 4.69) is 31.0 Å². The molecule has 168 valence electrons. The van der Waals surface area contributed by atoms with Crippen LogP contribution in [0.25, 0.3) is 5.69 Å². The maximum Gasteiger partial charge on any atom is 0.260 e. The average Bonchev–Trinajstić information content (AvgIpc) is 3.00. The SMILES string of the molecule is Cc1ccccc1N(CC(=O)N/N=C\c1cc(C)n(-c2ccccc2Br)c1C)S(C)(=O)=O. The summed E-state index contributed by atoms with van der Waals surface area (Å²) in [4.78, 5) is 12.5. The van der Waals surface area contributed by atoms with E-state index < -0.39 is 15.9 Å². The Labute approximate surface area is 196 Å². The van der Waals surface area contributed by atoms with Crippen molar-refractivity contribution in [2.45, 2.75) is 20.8 Å². The molecule has 3 rings (SSSR count). The van der Waals surface area contributed by atoms with Crippen molar-refractivity contribution >= 4 is 43.8 Å². The number of halogens is 1. The largest absolute Gasteiger partial charge is 0.317 e. The molecule has 0 saturated heterocycles. The molecule has 0 bridgehead atoms. The van der Waals surface area contributed by atoms with Crippen molar-refractivity contribution in [3.05, 3.63) is 81.6 Å². The van der Waals surface area contributed by atoms with Crippen LogP contribution in [0.3, 0.4) is 0 Å². The zero-order valence-electron chi connectivity index (χ0n) is 18.3. The van der Waals surface area contributed by atoms with Crippen LogP contribution < -0.4 is 9.73 Å². The van der Waals surface area contributed by atoms with Crippen LogP contribution in [0.2, 0.25) is 0 Å². The molecule has 3 aromatic rings. The minimum absolute atomic E-state index is 0.364. The number of rotatable bonds is 7. The van der Waals surface area contributed by atoms with Crippen molar-refractivity contribution in [3.8, 4) is 5.69 Å². The molecule has 0 atom stereocenters. The number of para-hydroxylation sites is 2. The molecule has 0 spiro atoms. The number of benzene rings is 2. The van der Waals surface area contributed by atoms with Gasteiger partial charge < -0.3 is 4.57 Å². The summed E-state index contributed by atoms with van der Waals surface area (Å²) in [7, 11) is -3.64. The van der Waals surface area contributed by atoms with Gasteiger partial charge in [-0.15, -0.1) is 0 Å². The van der Waals surface area contributed by atoms with E-state index in [9.17, 15) is 13.2 Å². The fraction of sp³-hybridized carbons (Fsp3) is 0.217. The van der Waals surface area contributed by atoms with Gasteiger partial charge in [0.15, 0.2) is 0 Å². The van der Waals surface area contributed by atoms with E-state index in [0.717, 1.165) is 43.2 Å². The van der Waals surface area contributed by atoms with Gasteiger partial charge in [0.2, 0.25) is 10.0 Å². The summed E-state index contributed by atoms with van der Waals surface area (Å²) in [6, 6.07) is 16.9. The summed E-state index contributed by atoms with van der Waals surface area (Å²) in [6.45, 7) is 5.40. The van der Waals surface area contributed by atoms with E-state index in [1.54, 1.807) is 31.3 Å². The van der Waals surface area contributed by atoms with E-state index in [1.807, 2.05) is 50.2 Å². The summed E-state index contributed by atoms with van der Waals surface area (Å²) in [6.07, 6.45) is 2.64. The minimum atomic E-state index is -3.64. The van der Waals surface area contributed by atoms with Crippen LogP contribution in [0, 0.1) is 20.8 Å². The Kier molecular flexibility index (Phi) is 7.20. The number of sulfonamides is 1. The molecule has 0 aliphatic heterocycles. The van der Waals surface area contributed by atoms with Crippen LogP contribution in [0.5, 0.6) is 0 Å². The predicted octanol–water partition coefficient (Wildman–Crippen LogP) is 4.08. The molecule has 32 heavy (non-hydrogen) atoms. The highest BCUT2D eigenvalue weighted by molar-refractivity contribution is 9.10. The molecule has 2 aromatic carbocycles. The first-order valence-corrected chi connectivity index (χ1v) is 12.5. The van der Waals surface area contributed by atoms with Crippen molar-refractivity contribution in [3.63, 3.8) is 0 Å². The Bertz CT molecular complexity index is 1280. The lowest BCUT2D eigenvalue weighted by molar-refractivity contribution is -0.119. The number of carbonyl (C=O) groups excluding carboxylic acids is 1. The molecule has 1 aromatic heterocycles. The normalized spacial score (nSPS) is 11.7. The first-order valence-electron chi connectivity index (χ1n) is 9.88. The van der Waals surface area contributed by atoms with Gasteiger partial charge in [0.05, 0.1) is 23.8 Å². The topological polar surface area (TPSA) is 83.8 Å². The van der Waals surface area contributed by atoms with Crippen molar-refractivity contribution in [1.82, 2.24) is 9.99 Å². The molecular formula is C23H25BrN4O3S. The molecule has 9 heteroatoms. The van der Waals surface area contributed by atoms with E-state index in [0.29, 0.717) is 5.69 Å². The molecule has 0 radical (unpaired) electrons. The summed E-state index contributed by atoms with van der Waals surface area (Å²) in [5, 5.41) is 4.05. The highest BCUT2D eigenvalue weighted by Crippen LogP contribution is 2.26. The van der Waals surface area contributed by atoms with E-state index in [1.165, 1.54) is 0 Å². The van der Waals surface area contributed by atoms with Crippen LogP contribution in [0.1, 0.15) is 22.5 Å². The Morgan fingerprint density at radius 3 is 2.44 bits per heavy atom. The molecule has 7 nitrogen and oxygen atoms in total. The van der Waals surface area contributed by atoms with Crippen molar-refractivity contribution in [1.29, 1.82) is 0 Å². The highest BCUT2D eigenvalue weighted by Gasteiger charge is 2.22. The smallest absolute Gasteiger partial charge is 0.260 e. The number of aromatic nitrogens is 1. The predicted molar refractivity (Wildman–Crippen MR) is 132 cm³/mol. The van der Waals surface area contributed by atoms with Gasteiger partial charge in [-0.05, 0) is 66.5 Å². The third-order valence-corrected chi connectivity index (χ3v) is 6.83. The van der Waals surface area contributed by atoms with E-state index >= 15 is 0 Å². The van der Waals surface area contributed by atoms with Gasteiger partial charge >= 0.3 is 0 Å². The molecule has 0 aliphatic rings. The third kappa shape index (κ3) is 5.28. The first-order chi connectivity index (χ1) is 15.1. The lowest BCUT2D eigenvalue weighted by Crippen LogP contribution is -2.39. The molecular weight excluding hydrogens is 492 g/mol. The Morgan fingerprint density at radius 1 is 1.12 bits per heavy atom. The lowest BCUT2D eigenvalue weighted by Gasteiger charge is -2.23. The fourth-order valence-corrected chi connectivity index (χ4v) is 4.86. The zero-order valence-corrected chi connectivity index (χ0v) is 20.7. The number of anilines is 1. The van der Waals surface area contributed by atoms with Gasteiger partial charge in [-0.2, -0.15) is 5.10 Å². The number of nitrogens with zero attached hydrogens (tertiary/aromatic N) is 3. The van der Waals surface area contributed by atoms with Gasteiger partial charge in [-0.3, -0.25) is 9.10 Å². The number of carbonyl (C=O) groups is 1. The van der Waals surface area contributed by atoms with Crippen LogP contribution >= 0.6 is 15.9 Å². The van der Waals surface area contributed by atoms with Crippen LogP contribution in [0.4, 0.5) is 5.69 Å². The van der Waals surface area contributed by atoms with Crippen molar-refractivity contribution < 1.29 is 13.2 Å². The summed E-state index contributed by atoms with van der Waals surface area (Å²) in [5.41, 5.74) is 7.49. The van der Waals surface area contributed by atoms with Gasteiger partial charge in [0, 0.05) is 21.4 Å². The van der Waals surface area contributed by atoms with E-state index in [4.69, 9.17) is 0 Å². The standard InChI is InChI=1S/C23H25BrN4O3S/c1-16-9-5-7-11-21(16)27(32(4,30)31)15-23(29)26-25-14-19-13-17(2)28(18(19)3)22-12-8-6-10-20(22)24/h5-14H,15H2,1-4H3,(H,26,29)/b25-14-. The second-order valence-electron chi connectivity index (χ2n) is 7.46.